The van der Waals surface area contributed by atoms with Crippen molar-refractivity contribution < 1.29 is 38.4 Å². The minimum atomic E-state index is -1.14. The maximum absolute atomic E-state index is 14.3. The summed E-state index contributed by atoms with van der Waals surface area (Å²) in [6, 6.07) is 14.3. The monoisotopic (exact) mass is 1010 g/mol. The molecule has 8 N–H and O–H groups in total. The molecule has 74 heavy (non-hydrogen) atoms. The van der Waals surface area contributed by atoms with Crippen molar-refractivity contribution in [2.24, 2.45) is 0 Å². The van der Waals surface area contributed by atoms with Crippen LogP contribution in [0.2, 0.25) is 0 Å². The molecule has 10 atom stereocenters. The fraction of sp³-hybridized carbons (Fsp3) is 0.464. The summed E-state index contributed by atoms with van der Waals surface area (Å²) >= 11 is 0. The Kier molecular flexibility index (Phi) is 18.3. The normalized spacial score (nSPS) is 22.4. The van der Waals surface area contributed by atoms with Gasteiger partial charge in [0.1, 0.15) is 24.2 Å². The van der Waals surface area contributed by atoms with Crippen LogP contribution in [0.4, 0.5) is 0 Å². The third-order valence-corrected chi connectivity index (χ3v) is 14.7. The SMILES string of the molecule is C#CC[C@H](NC(=O)[C@H](C)NC)C(=O)N1C[C@@H](NC(=O)c2cccc(C(=O)N[C@H]3C[C@@H](C(=O)N[C@@H]4CCCc5ccccc54)N(C(=O)[C@H](CC#C)NC(=O)[C@H](C)NC)C3)c2)C[C@H]1C(=O)N[C@@H]1CCCc2ccccc21. The highest BCUT2D eigenvalue weighted by atomic mass is 16.2. The van der Waals surface area contributed by atoms with Crippen LogP contribution >= 0.6 is 0 Å². The number of terminal acetylenes is 2. The zero-order chi connectivity index (χ0) is 53.1. The number of carbonyl (C=O) groups is 8. The fourth-order valence-electron chi connectivity index (χ4n) is 10.4. The Hall–Kier alpha value is -7.54. The largest absolute Gasteiger partial charge is 0.347 e. The van der Waals surface area contributed by atoms with Gasteiger partial charge in [0.15, 0.2) is 0 Å². The molecule has 8 amide bonds. The van der Waals surface area contributed by atoms with Gasteiger partial charge in [-0.05, 0) is 120 Å². The quantitative estimate of drug-likeness (QED) is 0.0859. The van der Waals surface area contributed by atoms with Crippen molar-refractivity contribution in [3.63, 3.8) is 0 Å². The first-order valence-electron chi connectivity index (χ1n) is 25.6. The molecule has 0 saturated carbocycles. The smallest absolute Gasteiger partial charge is 0.251 e. The zero-order valence-corrected chi connectivity index (χ0v) is 42.5. The molecule has 0 radical (unpaired) electrons. The summed E-state index contributed by atoms with van der Waals surface area (Å²) in [5, 5.41) is 23.4. The highest BCUT2D eigenvalue weighted by Crippen LogP contribution is 2.32. The molecule has 18 heteroatoms. The molecule has 2 heterocycles. The number of hydrogen-bond acceptors (Lipinski definition) is 10. The Morgan fingerprint density at radius 2 is 0.986 bits per heavy atom. The van der Waals surface area contributed by atoms with Gasteiger partial charge in [0.2, 0.25) is 35.4 Å². The topological polar surface area (TPSA) is 239 Å². The Bertz CT molecular complexity index is 2520. The average molecular weight is 1010 g/mol. The second-order valence-corrected chi connectivity index (χ2v) is 19.7. The molecule has 3 aromatic carbocycles. The number of aryl methyl sites for hydroxylation is 2. The summed E-state index contributed by atoms with van der Waals surface area (Å²) < 4.78 is 0. The van der Waals surface area contributed by atoms with Crippen molar-refractivity contribution in [2.75, 3.05) is 27.2 Å². The molecule has 3 aromatic rings. The lowest BCUT2D eigenvalue weighted by Crippen LogP contribution is -2.55. The number of hydrogen-bond donors (Lipinski definition) is 8. The maximum Gasteiger partial charge on any atom is 0.251 e. The van der Waals surface area contributed by atoms with Gasteiger partial charge in [-0.3, -0.25) is 38.4 Å². The van der Waals surface area contributed by atoms with Crippen molar-refractivity contribution in [2.45, 2.75) is 138 Å². The van der Waals surface area contributed by atoms with E-state index in [4.69, 9.17) is 12.8 Å². The molecule has 2 fully saturated rings. The standard InChI is InChI=1S/C56H68N10O8/c1-7-16-45(63-49(67)33(3)57-5)55(73)65-31-39(29-47(65)53(71)61-43-26-14-20-35-18-9-11-24-41(35)43)59-51(69)37-22-13-23-38(28-37)52(70)60-40-30-48(54(72)62-44-27-15-21-36-19-10-12-25-42(36)44)66(32-40)56(74)46(17-8-2)64-50(68)34(4)58-6/h1-2,9-13,18-19,22-25,28,33-34,39-40,43-48,57-58H,14-17,20-21,26-27,29-32H2,3-6H3,(H,59,69)(H,60,70)(H,61,71)(H,62,72)(H,63,67)(H,64,68)/t33-,34-,39-,40-,43+,44+,45-,46-,47-,48-/m0/s1. The van der Waals surface area contributed by atoms with Crippen molar-refractivity contribution in [3.05, 3.63) is 106 Å². The predicted octanol–water partition coefficient (Wildman–Crippen LogP) is 1.70. The van der Waals surface area contributed by atoms with E-state index in [1.54, 1.807) is 34.0 Å². The molecule has 18 nitrogen and oxygen atoms in total. The molecular weight excluding hydrogens is 941 g/mol. The lowest BCUT2D eigenvalue weighted by atomic mass is 9.87. The Balaban J connectivity index is 1.07. The minimum Gasteiger partial charge on any atom is -0.347 e. The van der Waals surface area contributed by atoms with Gasteiger partial charge >= 0.3 is 0 Å². The molecule has 2 saturated heterocycles. The number of nitrogens with one attached hydrogen (secondary N) is 8. The molecule has 2 aliphatic heterocycles. The second kappa shape index (κ2) is 24.9. The summed E-state index contributed by atoms with van der Waals surface area (Å²) in [5.41, 5.74) is 4.54. The molecule has 0 spiro atoms. The van der Waals surface area contributed by atoms with Gasteiger partial charge in [-0.2, -0.15) is 0 Å². The van der Waals surface area contributed by atoms with Crippen LogP contribution in [0, 0.1) is 24.7 Å². The second-order valence-electron chi connectivity index (χ2n) is 19.7. The van der Waals surface area contributed by atoms with Crippen molar-refractivity contribution in [1.82, 2.24) is 52.3 Å². The maximum atomic E-state index is 14.3. The summed E-state index contributed by atoms with van der Waals surface area (Å²) in [4.78, 5) is 114. The van der Waals surface area contributed by atoms with E-state index < -0.39 is 95.6 Å². The highest BCUT2D eigenvalue weighted by Gasteiger charge is 2.45. The van der Waals surface area contributed by atoms with Crippen LogP contribution in [-0.4, -0.2) is 133 Å². The van der Waals surface area contributed by atoms with Crippen LogP contribution in [-0.2, 0) is 41.6 Å². The summed E-state index contributed by atoms with van der Waals surface area (Å²) in [6.07, 6.45) is 16.1. The first kappa shape index (κ1) is 54.2. The van der Waals surface area contributed by atoms with E-state index in [2.05, 4.69) is 54.4 Å². The molecule has 390 valence electrons. The van der Waals surface area contributed by atoms with E-state index in [0.717, 1.165) is 47.9 Å². The van der Waals surface area contributed by atoms with Crippen LogP contribution in [0.3, 0.4) is 0 Å². The Morgan fingerprint density at radius 3 is 1.38 bits per heavy atom. The van der Waals surface area contributed by atoms with Gasteiger partial charge in [0.25, 0.3) is 11.8 Å². The molecule has 2 aliphatic carbocycles. The molecule has 0 unspecified atom stereocenters. The van der Waals surface area contributed by atoms with E-state index in [0.29, 0.717) is 12.8 Å². The third kappa shape index (κ3) is 12.8. The number of benzene rings is 3. The van der Waals surface area contributed by atoms with Crippen molar-refractivity contribution >= 4 is 47.3 Å². The molecule has 7 rings (SSSR count). The predicted molar refractivity (Wildman–Crippen MR) is 278 cm³/mol. The number of carbonyl (C=O) groups excluding carboxylic acids is 8. The van der Waals surface area contributed by atoms with Crippen LogP contribution in [0.1, 0.15) is 120 Å². The molecular formula is C56H68N10O8. The first-order valence-corrected chi connectivity index (χ1v) is 25.6. The number of nitrogens with zero attached hydrogens (tertiary/aromatic N) is 2. The third-order valence-electron chi connectivity index (χ3n) is 14.7. The van der Waals surface area contributed by atoms with E-state index in [1.807, 2.05) is 48.5 Å². The lowest BCUT2D eigenvalue weighted by Gasteiger charge is -2.31. The Labute approximate surface area is 433 Å². The number of amides is 8. The fourth-order valence-corrected chi connectivity index (χ4v) is 10.4. The average Bonchev–Trinajstić information content (AvgIpc) is 4.04. The van der Waals surface area contributed by atoms with E-state index >= 15 is 0 Å². The summed E-state index contributed by atoms with van der Waals surface area (Å²) in [5.74, 6) is 0.956. The highest BCUT2D eigenvalue weighted by molar-refractivity contribution is 6.01. The van der Waals surface area contributed by atoms with Gasteiger partial charge < -0.3 is 52.3 Å². The van der Waals surface area contributed by atoms with Crippen molar-refractivity contribution in [1.29, 1.82) is 0 Å². The van der Waals surface area contributed by atoms with Gasteiger partial charge in [0, 0.05) is 49.1 Å². The summed E-state index contributed by atoms with van der Waals surface area (Å²) in [7, 11) is 3.22. The molecule has 0 aromatic heterocycles. The first-order chi connectivity index (χ1) is 35.6. The van der Waals surface area contributed by atoms with Crippen LogP contribution in [0.5, 0.6) is 0 Å². The van der Waals surface area contributed by atoms with E-state index in [-0.39, 0.29) is 62.0 Å². The number of likely N-dealkylation sites (N-methyl/N-ethyl adjacent to an activating group) is 2. The number of likely N-dealkylation sites (tertiary alicyclic amines) is 2. The van der Waals surface area contributed by atoms with E-state index in [9.17, 15) is 38.4 Å². The van der Waals surface area contributed by atoms with Gasteiger partial charge in [-0.1, -0.05) is 54.6 Å². The molecule has 0 bridgehead atoms. The van der Waals surface area contributed by atoms with Crippen LogP contribution in [0.15, 0.2) is 72.8 Å². The lowest BCUT2D eigenvalue weighted by molar-refractivity contribution is -0.141. The number of rotatable bonds is 18. The van der Waals surface area contributed by atoms with Gasteiger partial charge in [-0.15, -0.1) is 24.7 Å². The van der Waals surface area contributed by atoms with Crippen LogP contribution in [0.25, 0.3) is 0 Å². The number of fused-ring (bicyclic) bond motifs is 2. The van der Waals surface area contributed by atoms with E-state index in [1.165, 1.54) is 28.0 Å². The summed E-state index contributed by atoms with van der Waals surface area (Å²) in [6.45, 7) is 3.14. The van der Waals surface area contributed by atoms with Crippen LogP contribution < -0.4 is 42.5 Å². The minimum absolute atomic E-state index is 0.0563. The van der Waals surface area contributed by atoms with Gasteiger partial charge in [-0.25, -0.2) is 0 Å². The molecule has 4 aliphatic rings. The van der Waals surface area contributed by atoms with Gasteiger partial charge in [0.05, 0.1) is 24.2 Å². The Morgan fingerprint density at radius 1 is 0.581 bits per heavy atom. The zero-order valence-electron chi connectivity index (χ0n) is 42.5. The van der Waals surface area contributed by atoms with Crippen molar-refractivity contribution in [3.8, 4) is 24.7 Å².